The molecule has 1 aliphatic carbocycles. The molecule has 0 bridgehead atoms. The molecule has 0 radical (unpaired) electrons. The molecule has 12 heteroatoms. The summed E-state index contributed by atoms with van der Waals surface area (Å²) < 4.78 is 8.04. The number of fused-ring (bicyclic) bond motifs is 1. The zero-order chi connectivity index (χ0) is 33.5. The fourth-order valence-electron chi connectivity index (χ4n) is 8.34. The van der Waals surface area contributed by atoms with Gasteiger partial charge in [-0.2, -0.15) is 5.10 Å². The molecule has 4 aromatic rings. The molecule has 12 nitrogen and oxygen atoms in total. The van der Waals surface area contributed by atoms with Gasteiger partial charge in [0.25, 0.3) is 0 Å². The van der Waals surface area contributed by atoms with E-state index in [1.54, 1.807) is 22.9 Å². The van der Waals surface area contributed by atoms with Gasteiger partial charge in [0, 0.05) is 24.2 Å². The number of likely N-dealkylation sites (tertiary alicyclic amines) is 1. The summed E-state index contributed by atoms with van der Waals surface area (Å²) >= 11 is 0. The van der Waals surface area contributed by atoms with Gasteiger partial charge in [-0.05, 0) is 105 Å². The molecule has 5 heterocycles. The Kier molecular flexibility index (Phi) is 8.40. The van der Waals surface area contributed by atoms with Crippen LogP contribution in [0.5, 0.6) is 11.5 Å². The number of nitrogens with two attached hydrogens (primary N) is 1. The molecule has 2 aromatic heterocycles. The molecule has 1 atom stereocenters. The fourth-order valence-corrected chi connectivity index (χ4v) is 8.34. The van der Waals surface area contributed by atoms with E-state index in [9.17, 15) is 14.7 Å². The number of piperidine rings is 2. The average Bonchev–Trinajstić information content (AvgIpc) is 3.62. The molecular formula is C37H42N8O4. The van der Waals surface area contributed by atoms with Gasteiger partial charge in [0.2, 0.25) is 11.8 Å². The van der Waals surface area contributed by atoms with Crippen LogP contribution in [0.1, 0.15) is 74.3 Å². The van der Waals surface area contributed by atoms with Crippen LogP contribution in [0.4, 0.5) is 11.5 Å². The molecule has 3 fully saturated rings. The summed E-state index contributed by atoms with van der Waals surface area (Å²) in [5.41, 5.74) is 11.4. The van der Waals surface area contributed by atoms with E-state index in [1.807, 2.05) is 18.3 Å². The lowest BCUT2D eigenvalue weighted by molar-refractivity contribution is -0.134. The molecule has 4 aliphatic rings. The maximum atomic E-state index is 12.7. The fraction of sp³-hybridized carbons (Fsp3) is 0.432. The van der Waals surface area contributed by atoms with E-state index in [0.717, 1.165) is 63.1 Å². The number of hydrogen-bond donors (Lipinski definition) is 3. The Morgan fingerprint density at radius 3 is 2.49 bits per heavy atom. The van der Waals surface area contributed by atoms with Gasteiger partial charge in [0.1, 0.15) is 29.8 Å². The predicted molar refractivity (Wildman–Crippen MR) is 185 cm³/mol. The SMILES string of the molecule is Nc1nnc(-c2ccccc2O)cc1-n1cc(C2CCN(C3CCC(c4cccc5c4OCCN5[C@@H]4CCC(=O)NC4=O)CC3)CC2)cn1. The lowest BCUT2D eigenvalue weighted by atomic mass is 9.79. The number of imide groups is 1. The summed E-state index contributed by atoms with van der Waals surface area (Å²) in [6, 6.07) is 15.5. The number of phenols is 1. The molecular weight excluding hydrogens is 620 g/mol. The largest absolute Gasteiger partial charge is 0.507 e. The number of para-hydroxylation sites is 2. The first-order chi connectivity index (χ1) is 23.9. The maximum Gasteiger partial charge on any atom is 0.249 e. The van der Waals surface area contributed by atoms with Crippen LogP contribution in [-0.4, -0.2) is 80.1 Å². The van der Waals surface area contributed by atoms with Crippen molar-refractivity contribution in [3.63, 3.8) is 0 Å². The zero-order valence-corrected chi connectivity index (χ0v) is 27.5. The van der Waals surface area contributed by atoms with Crippen LogP contribution in [0.2, 0.25) is 0 Å². The Hall–Kier alpha value is -4.97. The number of nitrogen functional groups attached to an aromatic ring is 1. The van der Waals surface area contributed by atoms with Gasteiger partial charge < -0.3 is 25.4 Å². The van der Waals surface area contributed by atoms with Crippen molar-refractivity contribution in [1.29, 1.82) is 0 Å². The number of carbonyl (C=O) groups is 2. The Bertz CT molecular complexity index is 1860. The smallest absolute Gasteiger partial charge is 0.249 e. The number of rotatable bonds is 6. The topological polar surface area (TPSA) is 152 Å². The monoisotopic (exact) mass is 662 g/mol. The van der Waals surface area contributed by atoms with E-state index in [0.29, 0.717) is 60.8 Å². The molecule has 4 N–H and O–H groups in total. The number of aromatic nitrogens is 4. The highest BCUT2D eigenvalue weighted by atomic mass is 16.5. The van der Waals surface area contributed by atoms with Crippen LogP contribution in [0, 0.1) is 0 Å². The van der Waals surface area contributed by atoms with Crippen molar-refractivity contribution in [1.82, 2.24) is 30.2 Å². The van der Waals surface area contributed by atoms with Crippen molar-refractivity contribution in [2.75, 3.05) is 36.9 Å². The van der Waals surface area contributed by atoms with Crippen LogP contribution in [0.3, 0.4) is 0 Å². The molecule has 1 saturated carbocycles. The third-order valence-electron chi connectivity index (χ3n) is 11.0. The first-order valence-electron chi connectivity index (χ1n) is 17.5. The lowest BCUT2D eigenvalue weighted by Crippen LogP contribution is -2.54. The number of benzene rings is 2. The van der Waals surface area contributed by atoms with E-state index in [-0.39, 0.29) is 29.4 Å². The van der Waals surface area contributed by atoms with Crippen LogP contribution < -0.4 is 20.7 Å². The van der Waals surface area contributed by atoms with Gasteiger partial charge in [0.05, 0.1) is 24.1 Å². The van der Waals surface area contributed by atoms with Crippen molar-refractivity contribution >= 4 is 23.3 Å². The number of nitrogens with zero attached hydrogens (tertiary/aromatic N) is 6. The highest BCUT2D eigenvalue weighted by Gasteiger charge is 2.37. The third kappa shape index (κ3) is 6.09. The van der Waals surface area contributed by atoms with Gasteiger partial charge >= 0.3 is 0 Å². The number of phenolic OH excluding ortho intramolecular Hbond substituents is 1. The molecule has 49 heavy (non-hydrogen) atoms. The number of aromatic hydroxyl groups is 1. The number of carbonyl (C=O) groups excluding carboxylic acids is 2. The Balaban J connectivity index is 0.884. The summed E-state index contributed by atoms with van der Waals surface area (Å²) in [7, 11) is 0. The molecule has 3 aliphatic heterocycles. The minimum absolute atomic E-state index is 0.139. The third-order valence-corrected chi connectivity index (χ3v) is 11.0. The minimum Gasteiger partial charge on any atom is -0.507 e. The Morgan fingerprint density at radius 2 is 1.69 bits per heavy atom. The molecule has 254 valence electrons. The Morgan fingerprint density at radius 1 is 0.878 bits per heavy atom. The van der Waals surface area contributed by atoms with Gasteiger partial charge in [-0.1, -0.05) is 24.3 Å². The van der Waals surface area contributed by atoms with Crippen LogP contribution in [0.25, 0.3) is 16.9 Å². The average molecular weight is 663 g/mol. The first kappa shape index (κ1) is 31.3. The molecule has 2 saturated heterocycles. The highest BCUT2D eigenvalue weighted by molar-refractivity contribution is 6.02. The van der Waals surface area contributed by atoms with Gasteiger partial charge in [-0.3, -0.25) is 14.9 Å². The Labute approximate surface area is 285 Å². The van der Waals surface area contributed by atoms with Crippen molar-refractivity contribution < 1.29 is 19.4 Å². The molecule has 2 aromatic carbocycles. The van der Waals surface area contributed by atoms with Crippen molar-refractivity contribution in [2.24, 2.45) is 0 Å². The standard InChI is InChI=1S/C37H42N8O4/c38-36-32(20-29(41-42-36)28-4-1-2-7-33(28)46)45-22-25(21-39-45)23-14-16-43(17-15-23)26-10-8-24(9-11-26)27-5-3-6-30-35(27)49-19-18-44(30)31-12-13-34(47)40-37(31)48/h1-7,20-24,26,31,46H,8-19H2,(H2,38,42)(H,40,47,48)/t24?,26?,31-/m1/s1. The lowest BCUT2D eigenvalue weighted by Gasteiger charge is -2.42. The summed E-state index contributed by atoms with van der Waals surface area (Å²) in [6.07, 6.45) is 11.6. The normalized spacial score (nSPS) is 23.5. The van der Waals surface area contributed by atoms with Crippen molar-refractivity contribution in [2.45, 2.75) is 75.3 Å². The summed E-state index contributed by atoms with van der Waals surface area (Å²) in [5.74, 6) is 1.80. The van der Waals surface area contributed by atoms with Crippen LogP contribution >= 0.6 is 0 Å². The van der Waals surface area contributed by atoms with E-state index in [1.165, 1.54) is 11.1 Å². The number of hydrogen-bond acceptors (Lipinski definition) is 10. The number of nitrogens with one attached hydrogen (secondary N) is 1. The van der Waals surface area contributed by atoms with E-state index in [2.05, 4.69) is 54.8 Å². The van der Waals surface area contributed by atoms with Crippen LogP contribution in [0.15, 0.2) is 60.9 Å². The van der Waals surface area contributed by atoms with E-state index < -0.39 is 0 Å². The second kappa shape index (κ2) is 13.1. The molecule has 0 unspecified atom stereocenters. The second-order valence-corrected chi connectivity index (χ2v) is 13.8. The number of anilines is 2. The molecule has 8 rings (SSSR count). The summed E-state index contributed by atoms with van der Waals surface area (Å²) in [6.45, 7) is 3.30. The first-order valence-corrected chi connectivity index (χ1v) is 17.5. The molecule has 0 spiro atoms. The summed E-state index contributed by atoms with van der Waals surface area (Å²) in [4.78, 5) is 29.3. The van der Waals surface area contributed by atoms with E-state index >= 15 is 0 Å². The highest BCUT2D eigenvalue weighted by Crippen LogP contribution is 2.45. The summed E-state index contributed by atoms with van der Waals surface area (Å²) in [5, 5.41) is 25.8. The second-order valence-electron chi connectivity index (χ2n) is 13.8. The maximum absolute atomic E-state index is 12.7. The van der Waals surface area contributed by atoms with Crippen molar-refractivity contribution in [3.05, 3.63) is 72.1 Å². The van der Waals surface area contributed by atoms with Gasteiger partial charge in [0.15, 0.2) is 5.82 Å². The zero-order valence-electron chi connectivity index (χ0n) is 27.5. The molecule has 2 amide bonds. The van der Waals surface area contributed by atoms with Gasteiger partial charge in [-0.25, -0.2) is 4.68 Å². The van der Waals surface area contributed by atoms with Gasteiger partial charge in [-0.15, -0.1) is 10.2 Å². The van der Waals surface area contributed by atoms with E-state index in [4.69, 9.17) is 10.5 Å². The van der Waals surface area contributed by atoms with Crippen LogP contribution in [-0.2, 0) is 9.59 Å². The minimum atomic E-state index is -0.336. The number of amides is 2. The predicted octanol–water partition coefficient (Wildman–Crippen LogP) is 4.53. The quantitative estimate of drug-likeness (QED) is 0.251. The number of ether oxygens (including phenoxy) is 1. The van der Waals surface area contributed by atoms with Crippen molar-refractivity contribution in [3.8, 4) is 28.4 Å².